The molecule has 0 aliphatic rings. The molecule has 2 amide bonds. The summed E-state index contributed by atoms with van der Waals surface area (Å²) in [6.07, 6.45) is 3.17. The summed E-state index contributed by atoms with van der Waals surface area (Å²) in [4.78, 5) is 28.6. The lowest BCUT2D eigenvalue weighted by molar-refractivity contribution is -0.114. The summed E-state index contributed by atoms with van der Waals surface area (Å²) in [6.45, 7) is 3.33. The van der Waals surface area contributed by atoms with Crippen molar-refractivity contribution in [3.05, 3.63) is 78.1 Å². The van der Waals surface area contributed by atoms with Crippen LogP contribution >= 0.6 is 0 Å². The maximum absolute atomic E-state index is 12.9. The molecular weight excluding hydrogens is 366 g/mol. The molecule has 0 spiro atoms. The Kier molecular flexibility index (Phi) is 4.78. The van der Waals surface area contributed by atoms with Gasteiger partial charge in [0.1, 0.15) is 5.56 Å². The summed E-state index contributed by atoms with van der Waals surface area (Å²) in [7, 11) is 0. The van der Waals surface area contributed by atoms with Gasteiger partial charge in [-0.25, -0.2) is 9.50 Å². The first-order valence-electron chi connectivity index (χ1n) is 9.10. The standard InChI is InChI=1S/C22H19N5O2/c1-14-8-9-17(12-19(14)25-15(2)28)26-22(29)18-13-24-27-20(10-11-23-21(18)27)16-6-4-3-5-7-16/h3-13H,1-2H3,(H,25,28)(H,26,29). The highest BCUT2D eigenvalue weighted by Gasteiger charge is 2.17. The van der Waals surface area contributed by atoms with E-state index in [0.717, 1.165) is 16.8 Å². The Balaban J connectivity index is 1.66. The monoisotopic (exact) mass is 385 g/mol. The van der Waals surface area contributed by atoms with Gasteiger partial charge in [0.05, 0.1) is 11.9 Å². The normalized spacial score (nSPS) is 10.7. The number of hydrogen-bond donors (Lipinski definition) is 2. The Morgan fingerprint density at radius 3 is 2.55 bits per heavy atom. The zero-order chi connectivity index (χ0) is 20.4. The van der Waals surface area contributed by atoms with Crippen LogP contribution in [0.2, 0.25) is 0 Å². The average Bonchev–Trinajstić information content (AvgIpc) is 3.15. The number of nitrogens with one attached hydrogen (secondary N) is 2. The molecule has 2 aromatic heterocycles. The molecule has 7 nitrogen and oxygen atoms in total. The lowest BCUT2D eigenvalue weighted by Crippen LogP contribution is -2.13. The van der Waals surface area contributed by atoms with Crippen LogP contribution < -0.4 is 10.6 Å². The number of amides is 2. The summed E-state index contributed by atoms with van der Waals surface area (Å²) in [6, 6.07) is 17.0. The van der Waals surface area contributed by atoms with Gasteiger partial charge in [0.25, 0.3) is 5.91 Å². The minimum atomic E-state index is -0.324. The predicted molar refractivity (Wildman–Crippen MR) is 112 cm³/mol. The lowest BCUT2D eigenvalue weighted by atomic mass is 10.1. The number of hydrogen-bond acceptors (Lipinski definition) is 4. The second-order valence-electron chi connectivity index (χ2n) is 6.65. The number of carbonyl (C=O) groups excluding carboxylic acids is 2. The molecule has 0 bridgehead atoms. The zero-order valence-electron chi connectivity index (χ0n) is 16.0. The van der Waals surface area contributed by atoms with Crippen LogP contribution in [0.5, 0.6) is 0 Å². The Hall–Kier alpha value is -4.00. The first-order valence-corrected chi connectivity index (χ1v) is 9.10. The van der Waals surface area contributed by atoms with Crippen molar-refractivity contribution in [1.82, 2.24) is 14.6 Å². The summed E-state index contributed by atoms with van der Waals surface area (Å²) in [5.41, 5.74) is 4.79. The van der Waals surface area contributed by atoms with Crippen LogP contribution in [0.15, 0.2) is 67.0 Å². The van der Waals surface area contributed by atoms with Crippen molar-refractivity contribution in [3.63, 3.8) is 0 Å². The van der Waals surface area contributed by atoms with Crippen molar-refractivity contribution < 1.29 is 9.59 Å². The smallest absolute Gasteiger partial charge is 0.261 e. The van der Waals surface area contributed by atoms with E-state index in [4.69, 9.17) is 0 Å². The predicted octanol–water partition coefficient (Wildman–Crippen LogP) is 3.92. The van der Waals surface area contributed by atoms with E-state index < -0.39 is 0 Å². The van der Waals surface area contributed by atoms with Crippen LogP contribution in [0.3, 0.4) is 0 Å². The van der Waals surface area contributed by atoms with Crippen molar-refractivity contribution in [3.8, 4) is 11.3 Å². The number of fused-ring (bicyclic) bond motifs is 1. The van der Waals surface area contributed by atoms with E-state index in [-0.39, 0.29) is 11.8 Å². The number of aromatic nitrogens is 3. The van der Waals surface area contributed by atoms with E-state index in [1.807, 2.05) is 49.4 Å². The van der Waals surface area contributed by atoms with E-state index in [1.54, 1.807) is 22.8 Å². The van der Waals surface area contributed by atoms with Crippen molar-refractivity contribution in [2.75, 3.05) is 10.6 Å². The van der Waals surface area contributed by atoms with E-state index in [9.17, 15) is 9.59 Å². The van der Waals surface area contributed by atoms with E-state index in [2.05, 4.69) is 20.7 Å². The first-order chi connectivity index (χ1) is 14.0. The van der Waals surface area contributed by atoms with Crippen LogP contribution in [0, 0.1) is 6.92 Å². The third-order valence-corrected chi connectivity index (χ3v) is 4.52. The van der Waals surface area contributed by atoms with Gasteiger partial charge in [-0.05, 0) is 30.7 Å². The number of rotatable bonds is 4. The average molecular weight is 385 g/mol. The third-order valence-electron chi connectivity index (χ3n) is 4.52. The van der Waals surface area contributed by atoms with Crippen LogP contribution in [0.1, 0.15) is 22.8 Å². The molecule has 0 saturated carbocycles. The molecule has 0 unspecified atom stereocenters. The topological polar surface area (TPSA) is 88.4 Å². The molecule has 4 aromatic rings. The van der Waals surface area contributed by atoms with Crippen LogP contribution in [0.25, 0.3) is 16.9 Å². The van der Waals surface area contributed by atoms with Crippen molar-refractivity contribution in [2.45, 2.75) is 13.8 Å². The minimum Gasteiger partial charge on any atom is -0.326 e. The highest BCUT2D eigenvalue weighted by molar-refractivity contribution is 6.08. The SMILES string of the molecule is CC(=O)Nc1cc(NC(=O)c2cnn3c(-c4ccccc4)ccnc23)ccc1C. The zero-order valence-corrected chi connectivity index (χ0v) is 16.0. The number of carbonyl (C=O) groups is 2. The van der Waals surface area contributed by atoms with Gasteiger partial charge in [-0.3, -0.25) is 9.59 Å². The molecule has 0 aliphatic carbocycles. The maximum atomic E-state index is 12.9. The fourth-order valence-corrected chi connectivity index (χ4v) is 3.10. The summed E-state index contributed by atoms with van der Waals surface area (Å²) >= 11 is 0. The summed E-state index contributed by atoms with van der Waals surface area (Å²) in [5, 5.41) is 9.98. The molecule has 0 aliphatic heterocycles. The molecule has 144 valence electrons. The van der Waals surface area contributed by atoms with Crippen LogP contribution in [-0.2, 0) is 4.79 Å². The van der Waals surface area contributed by atoms with Gasteiger partial charge in [-0.1, -0.05) is 36.4 Å². The van der Waals surface area contributed by atoms with Crippen LogP contribution in [0.4, 0.5) is 11.4 Å². The van der Waals surface area contributed by atoms with Gasteiger partial charge in [0.2, 0.25) is 5.91 Å². The number of anilines is 2. The molecule has 4 rings (SSSR count). The van der Waals surface area contributed by atoms with Gasteiger partial charge >= 0.3 is 0 Å². The van der Waals surface area contributed by atoms with Gasteiger partial charge in [0.15, 0.2) is 5.65 Å². The van der Waals surface area contributed by atoms with Gasteiger partial charge < -0.3 is 10.6 Å². The fraction of sp³-hybridized carbons (Fsp3) is 0.0909. The molecule has 2 N–H and O–H groups in total. The molecular formula is C22H19N5O2. The molecule has 0 atom stereocenters. The number of nitrogens with zero attached hydrogens (tertiary/aromatic N) is 3. The molecule has 7 heteroatoms. The summed E-state index contributed by atoms with van der Waals surface area (Å²) < 4.78 is 1.65. The van der Waals surface area contributed by atoms with Crippen LogP contribution in [-0.4, -0.2) is 26.4 Å². The van der Waals surface area contributed by atoms with Gasteiger partial charge in [-0.2, -0.15) is 5.10 Å². The highest BCUT2D eigenvalue weighted by Crippen LogP contribution is 2.23. The second-order valence-corrected chi connectivity index (χ2v) is 6.65. The quantitative estimate of drug-likeness (QED) is 0.557. The Bertz CT molecular complexity index is 1210. The molecule has 29 heavy (non-hydrogen) atoms. The molecule has 0 saturated heterocycles. The molecule has 2 heterocycles. The van der Waals surface area contributed by atoms with Crippen molar-refractivity contribution in [2.24, 2.45) is 0 Å². The number of benzene rings is 2. The second kappa shape index (κ2) is 7.55. The Morgan fingerprint density at radius 1 is 1.00 bits per heavy atom. The van der Waals surface area contributed by atoms with E-state index in [0.29, 0.717) is 22.6 Å². The first kappa shape index (κ1) is 18.4. The third kappa shape index (κ3) is 3.70. The van der Waals surface area contributed by atoms with E-state index in [1.165, 1.54) is 13.1 Å². The lowest BCUT2D eigenvalue weighted by Gasteiger charge is -2.10. The minimum absolute atomic E-state index is 0.170. The van der Waals surface area contributed by atoms with Gasteiger partial charge in [-0.15, -0.1) is 0 Å². The fourth-order valence-electron chi connectivity index (χ4n) is 3.10. The van der Waals surface area contributed by atoms with E-state index >= 15 is 0 Å². The summed E-state index contributed by atoms with van der Waals surface area (Å²) in [5.74, 6) is -0.493. The van der Waals surface area contributed by atoms with Crippen molar-refractivity contribution >= 4 is 28.8 Å². The Morgan fingerprint density at radius 2 is 1.79 bits per heavy atom. The maximum Gasteiger partial charge on any atom is 0.261 e. The highest BCUT2D eigenvalue weighted by atomic mass is 16.2. The molecule has 0 fully saturated rings. The van der Waals surface area contributed by atoms with Gasteiger partial charge in [0, 0.05) is 30.1 Å². The largest absolute Gasteiger partial charge is 0.326 e. The molecule has 2 aromatic carbocycles. The molecule has 0 radical (unpaired) electrons. The number of aryl methyl sites for hydroxylation is 1. The van der Waals surface area contributed by atoms with Crippen molar-refractivity contribution in [1.29, 1.82) is 0 Å². The Labute approximate surface area is 167 Å².